The molecule has 0 aliphatic carbocycles. The molecule has 0 aliphatic heterocycles. The van der Waals surface area contributed by atoms with E-state index in [0.29, 0.717) is 11.6 Å². The maximum Gasteiger partial charge on any atom is 0.207 e. The van der Waals surface area contributed by atoms with E-state index >= 15 is 0 Å². The van der Waals surface area contributed by atoms with E-state index in [-0.39, 0.29) is 0 Å². The molecular formula is C9H9N7. The maximum atomic E-state index is 5.70. The molecule has 0 aromatic carbocycles. The number of fused-ring (bicyclic) bond motifs is 1. The van der Waals surface area contributed by atoms with Gasteiger partial charge in [0.1, 0.15) is 12.0 Å². The molecule has 3 aromatic rings. The molecule has 2 N–H and O–H groups in total. The van der Waals surface area contributed by atoms with Gasteiger partial charge in [-0.2, -0.15) is 5.10 Å². The van der Waals surface area contributed by atoms with Crippen molar-refractivity contribution in [1.29, 1.82) is 0 Å². The van der Waals surface area contributed by atoms with Gasteiger partial charge in [0.2, 0.25) is 5.95 Å². The van der Waals surface area contributed by atoms with Crippen LogP contribution in [0.2, 0.25) is 0 Å². The van der Waals surface area contributed by atoms with E-state index in [9.17, 15) is 0 Å². The molecule has 3 rings (SSSR count). The molecule has 0 saturated heterocycles. The molecule has 0 unspecified atom stereocenters. The van der Waals surface area contributed by atoms with Crippen LogP contribution in [0.1, 0.15) is 5.56 Å². The number of hydrogen-bond acceptors (Lipinski definition) is 5. The molecule has 0 radical (unpaired) electrons. The number of anilines is 1. The van der Waals surface area contributed by atoms with Crippen LogP contribution in [0.15, 0.2) is 24.9 Å². The van der Waals surface area contributed by atoms with Gasteiger partial charge in [0, 0.05) is 6.20 Å². The number of aromatic nitrogens is 6. The SMILES string of the molecule is Cc1cnn(-c2cnc(N)n3cnnc23)c1. The van der Waals surface area contributed by atoms with Crippen LogP contribution in [0.25, 0.3) is 11.3 Å². The first-order chi connectivity index (χ1) is 7.75. The fourth-order valence-corrected chi connectivity index (χ4v) is 1.53. The van der Waals surface area contributed by atoms with E-state index in [2.05, 4.69) is 20.3 Å². The number of nitrogens with two attached hydrogens (primary N) is 1. The van der Waals surface area contributed by atoms with Crippen LogP contribution in [0.3, 0.4) is 0 Å². The maximum absolute atomic E-state index is 5.70. The molecular weight excluding hydrogens is 206 g/mol. The van der Waals surface area contributed by atoms with Crippen LogP contribution < -0.4 is 5.73 Å². The minimum atomic E-state index is 0.354. The van der Waals surface area contributed by atoms with Crippen molar-refractivity contribution >= 4 is 11.6 Å². The van der Waals surface area contributed by atoms with Crippen LogP contribution in [0, 0.1) is 6.92 Å². The largest absolute Gasteiger partial charge is 0.369 e. The molecule has 7 nitrogen and oxygen atoms in total. The van der Waals surface area contributed by atoms with E-state index in [1.165, 1.54) is 6.33 Å². The van der Waals surface area contributed by atoms with Crippen LogP contribution in [-0.4, -0.2) is 29.4 Å². The van der Waals surface area contributed by atoms with E-state index in [1.807, 2.05) is 13.1 Å². The Balaban J connectivity index is 2.32. The molecule has 0 atom stereocenters. The number of rotatable bonds is 1. The summed E-state index contributed by atoms with van der Waals surface area (Å²) in [6, 6.07) is 0. The highest BCUT2D eigenvalue weighted by Crippen LogP contribution is 2.14. The standard InChI is InChI=1S/C9H9N7/c1-6-2-13-16(4-6)7-3-11-9(10)15-5-12-14-8(7)15/h2-5H,1H3,(H2,10,11). The fraction of sp³-hybridized carbons (Fsp3) is 0.111. The molecule has 3 heterocycles. The summed E-state index contributed by atoms with van der Waals surface area (Å²) in [5, 5.41) is 12.0. The Morgan fingerprint density at radius 1 is 1.31 bits per heavy atom. The summed E-state index contributed by atoms with van der Waals surface area (Å²) >= 11 is 0. The molecule has 0 amide bonds. The summed E-state index contributed by atoms with van der Waals surface area (Å²) in [5.41, 5.74) is 8.14. The zero-order valence-electron chi connectivity index (χ0n) is 8.57. The number of aryl methyl sites for hydroxylation is 1. The Kier molecular flexibility index (Phi) is 1.67. The Morgan fingerprint density at radius 2 is 2.19 bits per heavy atom. The van der Waals surface area contributed by atoms with Crippen molar-refractivity contribution in [3.63, 3.8) is 0 Å². The third-order valence-corrected chi connectivity index (χ3v) is 2.30. The third-order valence-electron chi connectivity index (χ3n) is 2.30. The minimum absolute atomic E-state index is 0.354. The van der Waals surface area contributed by atoms with Crippen molar-refractivity contribution in [1.82, 2.24) is 29.4 Å². The van der Waals surface area contributed by atoms with Crippen molar-refractivity contribution in [3.8, 4) is 5.69 Å². The van der Waals surface area contributed by atoms with E-state index in [4.69, 9.17) is 5.73 Å². The summed E-state index contributed by atoms with van der Waals surface area (Å²) in [6.45, 7) is 1.97. The first kappa shape index (κ1) is 8.84. The zero-order chi connectivity index (χ0) is 11.1. The predicted octanol–water partition coefficient (Wildman–Crippen LogP) is 0.201. The van der Waals surface area contributed by atoms with E-state index in [0.717, 1.165) is 11.3 Å². The lowest BCUT2D eigenvalue weighted by Gasteiger charge is -2.03. The van der Waals surface area contributed by atoms with Gasteiger partial charge >= 0.3 is 0 Å². The Labute approximate surface area is 90.5 Å². The van der Waals surface area contributed by atoms with Crippen LogP contribution in [0.5, 0.6) is 0 Å². The minimum Gasteiger partial charge on any atom is -0.369 e. The normalized spacial score (nSPS) is 11.1. The van der Waals surface area contributed by atoms with Gasteiger partial charge in [-0.25, -0.2) is 14.1 Å². The molecule has 16 heavy (non-hydrogen) atoms. The molecule has 0 saturated carbocycles. The van der Waals surface area contributed by atoms with Crippen molar-refractivity contribution in [2.45, 2.75) is 6.92 Å². The fourth-order valence-electron chi connectivity index (χ4n) is 1.53. The van der Waals surface area contributed by atoms with Crippen molar-refractivity contribution in [3.05, 3.63) is 30.5 Å². The predicted molar refractivity (Wildman–Crippen MR) is 57.1 cm³/mol. The topological polar surface area (TPSA) is 86.9 Å². The van der Waals surface area contributed by atoms with Gasteiger partial charge in [-0.05, 0) is 12.5 Å². The third kappa shape index (κ3) is 1.14. The van der Waals surface area contributed by atoms with Gasteiger partial charge in [-0.1, -0.05) is 0 Å². The van der Waals surface area contributed by atoms with Crippen LogP contribution in [-0.2, 0) is 0 Å². The molecule has 80 valence electrons. The lowest BCUT2D eigenvalue weighted by molar-refractivity contribution is 0.867. The number of hydrogen-bond donors (Lipinski definition) is 1. The van der Waals surface area contributed by atoms with Gasteiger partial charge in [0.05, 0.1) is 12.4 Å². The van der Waals surface area contributed by atoms with Gasteiger partial charge < -0.3 is 5.73 Å². The van der Waals surface area contributed by atoms with Crippen LogP contribution >= 0.6 is 0 Å². The molecule has 3 aromatic heterocycles. The highest BCUT2D eigenvalue weighted by Gasteiger charge is 2.09. The van der Waals surface area contributed by atoms with Gasteiger partial charge in [0.25, 0.3) is 0 Å². The van der Waals surface area contributed by atoms with Crippen LogP contribution in [0.4, 0.5) is 5.95 Å². The second kappa shape index (κ2) is 3.02. The van der Waals surface area contributed by atoms with E-state index in [1.54, 1.807) is 21.5 Å². The second-order valence-corrected chi connectivity index (χ2v) is 3.49. The summed E-state index contributed by atoms with van der Waals surface area (Å²) in [6.07, 6.45) is 6.81. The summed E-state index contributed by atoms with van der Waals surface area (Å²) in [4.78, 5) is 4.07. The van der Waals surface area contributed by atoms with Gasteiger partial charge in [0.15, 0.2) is 5.65 Å². The van der Waals surface area contributed by atoms with Gasteiger partial charge in [-0.15, -0.1) is 10.2 Å². The number of nitrogen functional groups attached to an aromatic ring is 1. The van der Waals surface area contributed by atoms with Crippen molar-refractivity contribution < 1.29 is 0 Å². The summed E-state index contributed by atoms with van der Waals surface area (Å²) in [7, 11) is 0. The highest BCUT2D eigenvalue weighted by molar-refractivity contribution is 5.59. The molecule has 0 bridgehead atoms. The lowest BCUT2D eigenvalue weighted by Crippen LogP contribution is -2.04. The molecule has 7 heteroatoms. The summed E-state index contributed by atoms with van der Waals surface area (Å²) < 4.78 is 3.32. The van der Waals surface area contributed by atoms with Gasteiger partial charge in [-0.3, -0.25) is 0 Å². The average Bonchev–Trinajstić information content (AvgIpc) is 2.87. The Morgan fingerprint density at radius 3 is 2.94 bits per heavy atom. The zero-order valence-corrected chi connectivity index (χ0v) is 8.57. The molecule has 0 aliphatic rings. The second-order valence-electron chi connectivity index (χ2n) is 3.49. The summed E-state index contributed by atoms with van der Waals surface area (Å²) in [5.74, 6) is 0.354. The van der Waals surface area contributed by atoms with Crippen molar-refractivity contribution in [2.75, 3.05) is 5.73 Å². The quantitative estimate of drug-likeness (QED) is 0.626. The molecule has 0 fully saturated rings. The van der Waals surface area contributed by atoms with Crippen molar-refractivity contribution in [2.24, 2.45) is 0 Å². The first-order valence-electron chi connectivity index (χ1n) is 4.71. The lowest BCUT2D eigenvalue weighted by atomic mass is 10.4. The first-order valence-corrected chi connectivity index (χ1v) is 4.71. The Hall–Kier alpha value is -2.44. The number of nitrogens with zero attached hydrogens (tertiary/aromatic N) is 6. The highest BCUT2D eigenvalue weighted by atomic mass is 15.3. The Bertz CT molecular complexity index is 651. The molecule has 0 spiro atoms. The monoisotopic (exact) mass is 215 g/mol. The van der Waals surface area contributed by atoms with E-state index < -0.39 is 0 Å². The smallest absolute Gasteiger partial charge is 0.207 e. The average molecular weight is 215 g/mol.